The van der Waals surface area contributed by atoms with Crippen molar-refractivity contribution < 1.29 is 8.42 Å². The molecule has 1 aliphatic heterocycles. The van der Waals surface area contributed by atoms with Crippen molar-refractivity contribution in [3.05, 3.63) is 35.9 Å². The van der Waals surface area contributed by atoms with Crippen LogP contribution < -0.4 is 5.32 Å². The summed E-state index contributed by atoms with van der Waals surface area (Å²) in [4.78, 5) is 0. The molecule has 1 aromatic carbocycles. The second kappa shape index (κ2) is 5.16. The zero-order valence-corrected chi connectivity index (χ0v) is 10.8. The molecule has 1 atom stereocenters. The third kappa shape index (κ3) is 2.68. The van der Waals surface area contributed by atoms with E-state index in [1.54, 1.807) is 11.2 Å². The van der Waals surface area contributed by atoms with E-state index in [1.165, 1.54) is 0 Å². The standard InChI is InChI=1S/C12H18N2O2S/c1-2-17(15,16)14-9-8-13-10-12(14)11-6-4-3-5-7-11/h3-7,12-13H,2,8-10H2,1H3/t12-/m1/s1. The molecular weight excluding hydrogens is 236 g/mol. The molecular formula is C12H18N2O2S. The van der Waals surface area contributed by atoms with Crippen LogP contribution in [0.4, 0.5) is 0 Å². The van der Waals surface area contributed by atoms with Gasteiger partial charge in [0.1, 0.15) is 0 Å². The second-order valence-electron chi connectivity index (χ2n) is 4.14. The molecule has 17 heavy (non-hydrogen) atoms. The van der Waals surface area contributed by atoms with Crippen molar-refractivity contribution in [1.82, 2.24) is 9.62 Å². The van der Waals surface area contributed by atoms with E-state index in [0.717, 1.165) is 12.1 Å². The van der Waals surface area contributed by atoms with Crippen LogP contribution in [0.3, 0.4) is 0 Å². The van der Waals surface area contributed by atoms with E-state index in [0.29, 0.717) is 13.1 Å². The number of nitrogens with one attached hydrogen (secondary N) is 1. The van der Waals surface area contributed by atoms with Gasteiger partial charge in [0, 0.05) is 19.6 Å². The first-order valence-electron chi connectivity index (χ1n) is 5.90. The first kappa shape index (κ1) is 12.5. The molecule has 0 radical (unpaired) electrons. The van der Waals surface area contributed by atoms with Crippen molar-refractivity contribution in [3.8, 4) is 0 Å². The zero-order chi connectivity index (χ0) is 12.3. The summed E-state index contributed by atoms with van der Waals surface area (Å²) in [6, 6.07) is 9.72. The van der Waals surface area contributed by atoms with E-state index in [-0.39, 0.29) is 11.8 Å². The number of sulfonamides is 1. The smallest absolute Gasteiger partial charge is 0.214 e. The molecule has 0 saturated carbocycles. The molecule has 5 heteroatoms. The molecule has 1 aromatic rings. The van der Waals surface area contributed by atoms with Gasteiger partial charge in [-0.3, -0.25) is 0 Å². The number of rotatable bonds is 3. The van der Waals surface area contributed by atoms with Gasteiger partial charge >= 0.3 is 0 Å². The molecule has 1 saturated heterocycles. The lowest BCUT2D eigenvalue weighted by molar-refractivity contribution is 0.272. The average Bonchev–Trinajstić information content (AvgIpc) is 2.40. The lowest BCUT2D eigenvalue weighted by atomic mass is 10.1. The van der Waals surface area contributed by atoms with Crippen LogP contribution in [0.15, 0.2) is 30.3 Å². The fourth-order valence-electron chi connectivity index (χ4n) is 2.14. The number of hydrogen-bond donors (Lipinski definition) is 1. The molecule has 0 bridgehead atoms. The van der Waals surface area contributed by atoms with Gasteiger partial charge < -0.3 is 5.32 Å². The molecule has 1 heterocycles. The highest BCUT2D eigenvalue weighted by Gasteiger charge is 2.31. The topological polar surface area (TPSA) is 49.4 Å². The molecule has 1 fully saturated rings. The van der Waals surface area contributed by atoms with E-state index in [1.807, 2.05) is 30.3 Å². The van der Waals surface area contributed by atoms with Gasteiger partial charge in [-0.05, 0) is 12.5 Å². The maximum Gasteiger partial charge on any atom is 0.214 e. The Morgan fingerprint density at radius 1 is 1.35 bits per heavy atom. The van der Waals surface area contributed by atoms with Gasteiger partial charge in [0.15, 0.2) is 0 Å². The molecule has 1 aliphatic rings. The highest BCUT2D eigenvalue weighted by molar-refractivity contribution is 7.89. The van der Waals surface area contributed by atoms with Gasteiger partial charge in [-0.15, -0.1) is 0 Å². The molecule has 0 aliphatic carbocycles. The van der Waals surface area contributed by atoms with E-state index in [9.17, 15) is 8.42 Å². The summed E-state index contributed by atoms with van der Waals surface area (Å²) in [6.45, 7) is 3.65. The minimum absolute atomic E-state index is 0.0742. The molecule has 4 nitrogen and oxygen atoms in total. The van der Waals surface area contributed by atoms with E-state index < -0.39 is 10.0 Å². The fraction of sp³-hybridized carbons (Fsp3) is 0.500. The normalized spacial score (nSPS) is 22.5. The fourth-order valence-corrected chi connectivity index (χ4v) is 3.43. The molecule has 0 amide bonds. The van der Waals surface area contributed by atoms with Crippen LogP contribution in [0.2, 0.25) is 0 Å². The van der Waals surface area contributed by atoms with Gasteiger partial charge in [0.25, 0.3) is 0 Å². The molecule has 0 aromatic heterocycles. The third-order valence-electron chi connectivity index (χ3n) is 3.10. The van der Waals surface area contributed by atoms with Crippen LogP contribution in [0.1, 0.15) is 18.5 Å². The van der Waals surface area contributed by atoms with Crippen LogP contribution >= 0.6 is 0 Å². The zero-order valence-electron chi connectivity index (χ0n) is 9.96. The van der Waals surface area contributed by atoms with Gasteiger partial charge in [-0.25, -0.2) is 8.42 Å². The van der Waals surface area contributed by atoms with Crippen LogP contribution in [0.25, 0.3) is 0 Å². The predicted octanol–water partition coefficient (Wildman–Crippen LogP) is 0.983. The number of nitrogens with zero attached hydrogens (tertiary/aromatic N) is 1. The Kier molecular flexibility index (Phi) is 3.81. The highest BCUT2D eigenvalue weighted by atomic mass is 32.2. The van der Waals surface area contributed by atoms with E-state index >= 15 is 0 Å². The minimum Gasteiger partial charge on any atom is -0.313 e. The van der Waals surface area contributed by atoms with Gasteiger partial charge in [0.2, 0.25) is 10.0 Å². The summed E-state index contributed by atoms with van der Waals surface area (Å²) >= 11 is 0. The lowest BCUT2D eigenvalue weighted by Crippen LogP contribution is -2.49. The maximum absolute atomic E-state index is 12.0. The summed E-state index contributed by atoms with van der Waals surface area (Å²) in [7, 11) is -3.13. The molecule has 1 N–H and O–H groups in total. The van der Waals surface area contributed by atoms with Crippen molar-refractivity contribution in [2.75, 3.05) is 25.4 Å². The summed E-state index contributed by atoms with van der Waals surface area (Å²) in [5.74, 6) is 0.163. The largest absolute Gasteiger partial charge is 0.313 e. The van der Waals surface area contributed by atoms with E-state index in [4.69, 9.17) is 0 Å². The summed E-state index contributed by atoms with van der Waals surface area (Å²) in [5, 5.41) is 3.25. The van der Waals surface area contributed by atoms with Crippen LogP contribution in [-0.2, 0) is 10.0 Å². The summed E-state index contributed by atoms with van der Waals surface area (Å²) in [6.07, 6.45) is 0. The van der Waals surface area contributed by atoms with Gasteiger partial charge in [0.05, 0.1) is 11.8 Å². The van der Waals surface area contributed by atoms with Crippen molar-refractivity contribution in [1.29, 1.82) is 0 Å². The number of hydrogen-bond acceptors (Lipinski definition) is 3. The molecule has 2 rings (SSSR count). The van der Waals surface area contributed by atoms with Crippen LogP contribution in [0.5, 0.6) is 0 Å². The second-order valence-corrected chi connectivity index (χ2v) is 6.35. The average molecular weight is 254 g/mol. The quantitative estimate of drug-likeness (QED) is 0.875. The van der Waals surface area contributed by atoms with Gasteiger partial charge in [-0.2, -0.15) is 4.31 Å². The molecule has 0 spiro atoms. The third-order valence-corrected chi connectivity index (χ3v) is 4.98. The minimum atomic E-state index is -3.13. The Bertz CT molecular complexity index is 459. The SMILES string of the molecule is CCS(=O)(=O)N1CCNC[C@@H]1c1ccccc1. The first-order chi connectivity index (χ1) is 8.15. The Balaban J connectivity index is 2.31. The van der Waals surface area contributed by atoms with Crippen molar-refractivity contribution in [2.45, 2.75) is 13.0 Å². The Labute approximate surface area is 103 Å². The predicted molar refractivity (Wildman–Crippen MR) is 68.2 cm³/mol. The van der Waals surface area contributed by atoms with Crippen molar-refractivity contribution in [2.24, 2.45) is 0 Å². The summed E-state index contributed by atoms with van der Waals surface area (Å²) in [5.41, 5.74) is 1.05. The van der Waals surface area contributed by atoms with Gasteiger partial charge in [-0.1, -0.05) is 30.3 Å². The molecule has 94 valence electrons. The molecule has 0 unspecified atom stereocenters. The number of piperazine rings is 1. The maximum atomic E-state index is 12.0. The first-order valence-corrected chi connectivity index (χ1v) is 7.51. The Morgan fingerprint density at radius 2 is 2.06 bits per heavy atom. The summed E-state index contributed by atoms with van der Waals surface area (Å²) < 4.78 is 25.7. The van der Waals surface area contributed by atoms with E-state index in [2.05, 4.69) is 5.32 Å². The highest BCUT2D eigenvalue weighted by Crippen LogP contribution is 2.24. The van der Waals surface area contributed by atoms with Crippen molar-refractivity contribution >= 4 is 10.0 Å². The monoisotopic (exact) mass is 254 g/mol. The lowest BCUT2D eigenvalue weighted by Gasteiger charge is -2.35. The van der Waals surface area contributed by atoms with Crippen LogP contribution in [0, 0.1) is 0 Å². The number of benzene rings is 1. The Hall–Kier alpha value is -0.910. The van der Waals surface area contributed by atoms with Crippen molar-refractivity contribution in [3.63, 3.8) is 0 Å². The van der Waals surface area contributed by atoms with Crippen LogP contribution in [-0.4, -0.2) is 38.1 Å². The Morgan fingerprint density at radius 3 is 2.71 bits per heavy atom.